The molecule has 0 aliphatic carbocycles. The molecule has 158 valence electrons. The summed E-state index contributed by atoms with van der Waals surface area (Å²) in [5.74, 6) is 0.329. The lowest BCUT2D eigenvalue weighted by atomic mass is 10.1. The Kier molecular flexibility index (Phi) is 6.18. The van der Waals surface area contributed by atoms with Crippen molar-refractivity contribution in [2.75, 3.05) is 11.9 Å². The number of aryl methyl sites for hydroxylation is 1. The van der Waals surface area contributed by atoms with Crippen LogP contribution in [0.15, 0.2) is 47.8 Å². The second-order valence-electron chi connectivity index (χ2n) is 6.93. The van der Waals surface area contributed by atoms with Gasteiger partial charge in [0.25, 0.3) is 0 Å². The average Bonchev–Trinajstić information content (AvgIpc) is 3.17. The van der Waals surface area contributed by atoms with Crippen molar-refractivity contribution in [2.45, 2.75) is 26.8 Å². The van der Waals surface area contributed by atoms with Gasteiger partial charge in [0.15, 0.2) is 0 Å². The third-order valence-electron chi connectivity index (χ3n) is 4.63. The number of hydrogen-bond acceptors (Lipinski definition) is 7. The zero-order valence-corrected chi connectivity index (χ0v) is 18.0. The normalized spacial score (nSPS) is 10.9. The molecule has 4 aromatic rings. The predicted octanol–water partition coefficient (Wildman–Crippen LogP) is 4.92. The van der Waals surface area contributed by atoms with Crippen LogP contribution in [0.3, 0.4) is 0 Å². The molecule has 0 saturated heterocycles. The van der Waals surface area contributed by atoms with Crippen LogP contribution >= 0.6 is 11.3 Å². The summed E-state index contributed by atoms with van der Waals surface area (Å²) in [4.78, 5) is 26.4. The van der Waals surface area contributed by atoms with Crippen LogP contribution in [-0.2, 0) is 22.5 Å². The van der Waals surface area contributed by atoms with Gasteiger partial charge in [0.2, 0.25) is 0 Å². The third-order valence-corrected chi connectivity index (χ3v) is 5.50. The van der Waals surface area contributed by atoms with Crippen LogP contribution in [0.4, 0.5) is 10.2 Å². The summed E-state index contributed by atoms with van der Waals surface area (Å²) in [6.07, 6.45) is -0.00899. The number of ether oxygens (including phenoxy) is 1. The van der Waals surface area contributed by atoms with E-state index in [-0.39, 0.29) is 18.2 Å². The average molecular weight is 437 g/mol. The molecule has 8 heteroatoms. The summed E-state index contributed by atoms with van der Waals surface area (Å²) in [6.45, 7) is 4.47. The van der Waals surface area contributed by atoms with Gasteiger partial charge in [-0.05, 0) is 43.7 Å². The molecular weight excluding hydrogens is 415 g/mol. The van der Waals surface area contributed by atoms with E-state index in [1.807, 2.05) is 30.5 Å². The molecule has 4 rings (SSSR count). The molecule has 0 spiro atoms. The van der Waals surface area contributed by atoms with Gasteiger partial charge in [-0.1, -0.05) is 18.2 Å². The number of halogens is 1. The van der Waals surface area contributed by atoms with E-state index in [2.05, 4.69) is 20.3 Å². The van der Waals surface area contributed by atoms with Gasteiger partial charge < -0.3 is 10.1 Å². The first-order chi connectivity index (χ1) is 15.0. The number of nitrogens with zero attached hydrogens (tertiary/aromatic N) is 3. The van der Waals surface area contributed by atoms with Crippen LogP contribution in [0, 0.1) is 12.7 Å². The second kappa shape index (κ2) is 9.18. The lowest BCUT2D eigenvalue weighted by Gasteiger charge is -2.11. The Hall–Kier alpha value is -3.39. The highest BCUT2D eigenvalue weighted by Gasteiger charge is 2.17. The minimum Gasteiger partial charge on any atom is -0.466 e. The Labute approximate surface area is 183 Å². The zero-order valence-electron chi connectivity index (χ0n) is 17.2. The fourth-order valence-corrected chi connectivity index (χ4v) is 4.21. The Morgan fingerprint density at radius 3 is 2.68 bits per heavy atom. The Balaban J connectivity index is 1.75. The number of anilines is 1. The van der Waals surface area contributed by atoms with Gasteiger partial charge in [0, 0.05) is 16.6 Å². The van der Waals surface area contributed by atoms with Crippen molar-refractivity contribution in [1.29, 1.82) is 0 Å². The second-order valence-corrected chi connectivity index (χ2v) is 7.79. The first kappa shape index (κ1) is 20.9. The van der Waals surface area contributed by atoms with Crippen molar-refractivity contribution in [2.24, 2.45) is 0 Å². The SMILES string of the molecule is CCOC(=O)Cc1nc(NCc2cccc(C)n2)c2c(-c3ccc(F)cc3)csc2n1. The molecule has 0 unspecified atom stereocenters. The minimum atomic E-state index is -0.372. The predicted molar refractivity (Wildman–Crippen MR) is 119 cm³/mol. The smallest absolute Gasteiger partial charge is 0.313 e. The monoisotopic (exact) mass is 436 g/mol. The molecule has 0 saturated carbocycles. The number of benzene rings is 1. The summed E-state index contributed by atoms with van der Waals surface area (Å²) in [5, 5.41) is 6.15. The van der Waals surface area contributed by atoms with Gasteiger partial charge >= 0.3 is 5.97 Å². The Morgan fingerprint density at radius 1 is 1.13 bits per heavy atom. The highest BCUT2D eigenvalue weighted by molar-refractivity contribution is 7.17. The van der Waals surface area contributed by atoms with Crippen molar-refractivity contribution in [3.63, 3.8) is 0 Å². The summed E-state index contributed by atoms with van der Waals surface area (Å²) in [6, 6.07) is 12.2. The van der Waals surface area contributed by atoms with E-state index in [4.69, 9.17) is 4.74 Å². The number of fused-ring (bicyclic) bond motifs is 1. The molecule has 0 aliphatic rings. The van der Waals surface area contributed by atoms with E-state index < -0.39 is 0 Å². The molecular formula is C23H21FN4O2S. The van der Waals surface area contributed by atoms with E-state index in [0.29, 0.717) is 24.8 Å². The molecule has 0 radical (unpaired) electrons. The number of thiophene rings is 1. The quantitative estimate of drug-likeness (QED) is 0.415. The van der Waals surface area contributed by atoms with Gasteiger partial charge in [-0.15, -0.1) is 11.3 Å². The highest BCUT2D eigenvalue weighted by atomic mass is 32.1. The summed E-state index contributed by atoms with van der Waals surface area (Å²) in [5.41, 5.74) is 3.57. The van der Waals surface area contributed by atoms with E-state index >= 15 is 0 Å². The molecule has 6 nitrogen and oxygen atoms in total. The number of esters is 1. The van der Waals surface area contributed by atoms with Crippen molar-refractivity contribution in [1.82, 2.24) is 15.0 Å². The van der Waals surface area contributed by atoms with Crippen LogP contribution < -0.4 is 5.32 Å². The van der Waals surface area contributed by atoms with Gasteiger partial charge in [0.1, 0.15) is 28.7 Å². The van der Waals surface area contributed by atoms with Gasteiger partial charge in [-0.25, -0.2) is 14.4 Å². The fourth-order valence-electron chi connectivity index (χ4n) is 3.25. The van der Waals surface area contributed by atoms with E-state index in [9.17, 15) is 9.18 Å². The van der Waals surface area contributed by atoms with Crippen molar-refractivity contribution >= 4 is 33.3 Å². The molecule has 3 aromatic heterocycles. The van der Waals surface area contributed by atoms with Crippen molar-refractivity contribution < 1.29 is 13.9 Å². The standard InChI is InChI=1S/C23H21FN4O2S/c1-3-30-20(29)11-19-27-22(25-12-17-6-4-5-14(2)26-17)21-18(13-31-23(21)28-19)15-7-9-16(24)10-8-15/h4-10,13H,3,11-12H2,1-2H3,(H,25,27,28). The van der Waals surface area contributed by atoms with Crippen molar-refractivity contribution in [3.8, 4) is 11.1 Å². The number of nitrogens with one attached hydrogen (secondary N) is 1. The number of rotatable bonds is 7. The maximum Gasteiger partial charge on any atom is 0.313 e. The first-order valence-corrected chi connectivity index (χ1v) is 10.8. The molecule has 31 heavy (non-hydrogen) atoms. The molecule has 0 amide bonds. The number of carbonyl (C=O) groups excluding carboxylic acids is 1. The third kappa shape index (κ3) is 4.86. The van der Waals surface area contributed by atoms with E-state index in [0.717, 1.165) is 32.7 Å². The molecule has 0 bridgehead atoms. The van der Waals surface area contributed by atoms with Crippen LogP contribution in [0.5, 0.6) is 0 Å². The van der Waals surface area contributed by atoms with E-state index in [1.165, 1.54) is 23.5 Å². The molecule has 1 N–H and O–H groups in total. The molecule has 0 atom stereocenters. The van der Waals surface area contributed by atoms with Gasteiger partial charge in [0.05, 0.1) is 24.2 Å². The Bertz CT molecular complexity index is 1220. The topological polar surface area (TPSA) is 77.0 Å². The number of carbonyl (C=O) groups is 1. The van der Waals surface area contributed by atoms with Crippen LogP contribution in [-0.4, -0.2) is 27.5 Å². The maximum absolute atomic E-state index is 13.4. The summed E-state index contributed by atoms with van der Waals surface area (Å²) in [7, 11) is 0. The first-order valence-electron chi connectivity index (χ1n) is 9.89. The maximum atomic E-state index is 13.4. The molecule has 3 heterocycles. The van der Waals surface area contributed by atoms with Crippen LogP contribution in [0.25, 0.3) is 21.3 Å². The number of hydrogen-bond donors (Lipinski definition) is 1. The fraction of sp³-hybridized carbons (Fsp3) is 0.217. The molecule has 1 aromatic carbocycles. The molecule has 0 fully saturated rings. The van der Waals surface area contributed by atoms with Crippen LogP contribution in [0.1, 0.15) is 24.1 Å². The molecule has 0 aliphatic heterocycles. The van der Waals surface area contributed by atoms with Gasteiger partial charge in [-0.2, -0.15) is 0 Å². The zero-order chi connectivity index (χ0) is 21.8. The number of aromatic nitrogens is 3. The van der Waals surface area contributed by atoms with Gasteiger partial charge in [-0.3, -0.25) is 9.78 Å². The Morgan fingerprint density at radius 2 is 1.94 bits per heavy atom. The minimum absolute atomic E-state index is 0.00899. The lowest BCUT2D eigenvalue weighted by molar-refractivity contribution is -0.142. The summed E-state index contributed by atoms with van der Waals surface area (Å²) < 4.78 is 18.5. The summed E-state index contributed by atoms with van der Waals surface area (Å²) >= 11 is 1.45. The highest BCUT2D eigenvalue weighted by Crippen LogP contribution is 2.37. The van der Waals surface area contributed by atoms with Crippen molar-refractivity contribution in [3.05, 3.63) is 70.9 Å². The lowest BCUT2D eigenvalue weighted by Crippen LogP contribution is -2.12. The number of pyridine rings is 1. The largest absolute Gasteiger partial charge is 0.466 e. The van der Waals surface area contributed by atoms with E-state index in [1.54, 1.807) is 19.1 Å². The van der Waals surface area contributed by atoms with Crippen LogP contribution in [0.2, 0.25) is 0 Å².